The van der Waals surface area contributed by atoms with Crippen molar-refractivity contribution >= 4 is 0 Å². The van der Waals surface area contributed by atoms with Gasteiger partial charge in [-0.25, -0.2) is 0 Å². The fraction of sp³-hybridized carbons (Fsp3) is 1.00. The van der Waals surface area contributed by atoms with Crippen LogP contribution in [0.25, 0.3) is 0 Å². The molecule has 1 N–H and O–H groups in total. The molecule has 7 atom stereocenters. The van der Waals surface area contributed by atoms with Crippen molar-refractivity contribution < 1.29 is 14.6 Å². The van der Waals surface area contributed by atoms with Gasteiger partial charge in [0.2, 0.25) is 0 Å². The number of epoxide rings is 2. The third-order valence-corrected chi connectivity index (χ3v) is 8.10. The Morgan fingerprint density at radius 1 is 0.783 bits per heavy atom. The molecule has 2 aliphatic heterocycles. The van der Waals surface area contributed by atoms with Crippen LogP contribution in [0.3, 0.4) is 0 Å². The highest BCUT2D eigenvalue weighted by molar-refractivity contribution is 5.09. The summed E-state index contributed by atoms with van der Waals surface area (Å²) in [6.07, 6.45) is 8.45. The zero-order chi connectivity index (χ0) is 16.7. The molecule has 0 unspecified atom stereocenters. The monoisotopic (exact) mass is 322 g/mol. The summed E-state index contributed by atoms with van der Waals surface area (Å²) in [5.41, 5.74) is -0.260. The van der Waals surface area contributed by atoms with Crippen molar-refractivity contribution in [2.24, 2.45) is 17.3 Å². The molecule has 4 aliphatic rings. The molecule has 132 valence electrons. The van der Waals surface area contributed by atoms with Gasteiger partial charge in [-0.15, -0.1) is 0 Å². The summed E-state index contributed by atoms with van der Waals surface area (Å²) in [5, 5.41) is 11.1. The maximum Gasteiger partial charge on any atom is 0.0921 e. The lowest BCUT2D eigenvalue weighted by Crippen LogP contribution is -2.52. The predicted octanol–water partition coefficient (Wildman–Crippen LogP) is 4.07. The molecule has 3 heteroatoms. The Bertz CT molecular complexity index is 499. The van der Waals surface area contributed by atoms with E-state index in [0.717, 1.165) is 38.5 Å². The van der Waals surface area contributed by atoms with Gasteiger partial charge in [0.15, 0.2) is 0 Å². The largest absolute Gasteiger partial charge is 0.390 e. The molecule has 0 spiro atoms. The lowest BCUT2D eigenvalue weighted by atomic mass is 9.54. The minimum absolute atomic E-state index is 0.0407. The molecular formula is C20H34O3. The smallest absolute Gasteiger partial charge is 0.0921 e. The highest BCUT2D eigenvalue weighted by Gasteiger charge is 2.60. The van der Waals surface area contributed by atoms with E-state index in [1.54, 1.807) is 0 Å². The van der Waals surface area contributed by atoms with E-state index in [4.69, 9.17) is 9.47 Å². The molecule has 23 heavy (non-hydrogen) atoms. The van der Waals surface area contributed by atoms with E-state index in [2.05, 4.69) is 34.6 Å². The fourth-order valence-electron chi connectivity index (χ4n) is 5.99. The Morgan fingerprint density at radius 2 is 1.39 bits per heavy atom. The van der Waals surface area contributed by atoms with Gasteiger partial charge in [-0.2, -0.15) is 0 Å². The first-order valence-electron chi connectivity index (χ1n) is 9.65. The molecule has 2 aliphatic carbocycles. The summed E-state index contributed by atoms with van der Waals surface area (Å²) in [7, 11) is 0. The van der Waals surface area contributed by atoms with Crippen molar-refractivity contribution in [3.63, 3.8) is 0 Å². The second-order valence-electron chi connectivity index (χ2n) is 10.1. The van der Waals surface area contributed by atoms with Gasteiger partial charge in [-0.3, -0.25) is 0 Å². The van der Waals surface area contributed by atoms with Crippen molar-refractivity contribution in [2.75, 3.05) is 0 Å². The van der Waals surface area contributed by atoms with Crippen molar-refractivity contribution in [2.45, 2.75) is 109 Å². The SMILES string of the molecule is CC1(C)[C@H]2CC[C@](C)(O)[C@H]1CC[C@]1(C)O[C@H]1CC[C@]1(C)O[C@H]1C2. The van der Waals surface area contributed by atoms with Crippen LogP contribution in [-0.4, -0.2) is 34.1 Å². The van der Waals surface area contributed by atoms with Crippen LogP contribution in [0.15, 0.2) is 0 Å². The van der Waals surface area contributed by atoms with Crippen LogP contribution in [-0.2, 0) is 9.47 Å². The van der Waals surface area contributed by atoms with Crippen LogP contribution in [0.1, 0.15) is 79.6 Å². The lowest BCUT2D eigenvalue weighted by Gasteiger charge is -2.53. The van der Waals surface area contributed by atoms with Gasteiger partial charge in [0.25, 0.3) is 0 Å². The molecule has 3 nitrogen and oxygen atoms in total. The Labute approximate surface area is 141 Å². The van der Waals surface area contributed by atoms with Crippen LogP contribution in [0.2, 0.25) is 0 Å². The van der Waals surface area contributed by atoms with Crippen molar-refractivity contribution in [1.29, 1.82) is 0 Å². The number of rotatable bonds is 0. The van der Waals surface area contributed by atoms with Gasteiger partial charge in [-0.05, 0) is 83.0 Å². The summed E-state index contributed by atoms with van der Waals surface area (Å²) in [6, 6.07) is 0. The molecule has 0 aromatic rings. The topological polar surface area (TPSA) is 45.3 Å². The van der Waals surface area contributed by atoms with Crippen molar-refractivity contribution in [1.82, 2.24) is 0 Å². The van der Waals surface area contributed by atoms with Crippen molar-refractivity contribution in [3.8, 4) is 0 Å². The first-order chi connectivity index (χ1) is 10.6. The van der Waals surface area contributed by atoms with E-state index >= 15 is 0 Å². The van der Waals surface area contributed by atoms with Gasteiger partial charge >= 0.3 is 0 Å². The molecule has 4 fully saturated rings. The minimum atomic E-state index is -0.543. The molecule has 2 saturated heterocycles. The van der Waals surface area contributed by atoms with E-state index in [-0.39, 0.29) is 16.6 Å². The summed E-state index contributed by atoms with van der Waals surface area (Å²) in [5.74, 6) is 1.00. The normalized spacial score (nSPS) is 58.2. The highest BCUT2D eigenvalue weighted by Crippen LogP contribution is 2.58. The van der Waals surface area contributed by atoms with E-state index in [9.17, 15) is 5.11 Å². The molecule has 2 bridgehead atoms. The van der Waals surface area contributed by atoms with E-state index in [1.807, 2.05) is 0 Å². The second-order valence-corrected chi connectivity index (χ2v) is 10.1. The van der Waals surface area contributed by atoms with Gasteiger partial charge in [-0.1, -0.05) is 13.8 Å². The number of aliphatic hydroxyl groups is 1. The summed E-state index contributed by atoms with van der Waals surface area (Å²) >= 11 is 0. The molecule has 4 rings (SSSR count). The average molecular weight is 322 g/mol. The van der Waals surface area contributed by atoms with E-state index < -0.39 is 5.60 Å². The standard InChI is InChI=1S/C20H34O3/c1-17(2)13-6-9-18(3,21)14(17)7-10-19(4)15(22-19)8-11-20(5)16(12-13)23-20/h13-16,21H,6-12H2,1-5H3/t13-,14-,15-,16-,18-,19-,20-/m0/s1. The Hall–Kier alpha value is -0.120. The van der Waals surface area contributed by atoms with Gasteiger partial charge in [0.1, 0.15) is 0 Å². The summed E-state index contributed by atoms with van der Waals surface area (Å²) in [4.78, 5) is 0. The Morgan fingerprint density at radius 3 is 2.13 bits per heavy atom. The van der Waals surface area contributed by atoms with Gasteiger partial charge in [0, 0.05) is 0 Å². The van der Waals surface area contributed by atoms with Crippen LogP contribution >= 0.6 is 0 Å². The summed E-state index contributed by atoms with van der Waals surface area (Å²) < 4.78 is 12.2. The first kappa shape index (κ1) is 16.4. The number of fused-ring (bicyclic) bond motifs is 4. The number of ether oxygens (including phenoxy) is 2. The fourth-order valence-corrected chi connectivity index (χ4v) is 5.99. The van der Waals surface area contributed by atoms with Gasteiger partial charge in [0.05, 0.1) is 29.0 Å². The maximum atomic E-state index is 11.1. The predicted molar refractivity (Wildman–Crippen MR) is 90.3 cm³/mol. The Kier molecular flexibility index (Phi) is 3.37. The highest BCUT2D eigenvalue weighted by atomic mass is 16.6. The minimum Gasteiger partial charge on any atom is -0.390 e. The number of hydrogen-bond acceptors (Lipinski definition) is 3. The van der Waals surface area contributed by atoms with E-state index in [0.29, 0.717) is 24.0 Å². The van der Waals surface area contributed by atoms with Crippen LogP contribution in [0, 0.1) is 17.3 Å². The Balaban J connectivity index is 1.62. The van der Waals surface area contributed by atoms with Crippen LogP contribution in [0.4, 0.5) is 0 Å². The van der Waals surface area contributed by atoms with Crippen LogP contribution < -0.4 is 0 Å². The zero-order valence-corrected chi connectivity index (χ0v) is 15.5. The maximum absolute atomic E-state index is 11.1. The molecule has 2 heterocycles. The van der Waals surface area contributed by atoms with Gasteiger partial charge < -0.3 is 14.6 Å². The third-order valence-electron chi connectivity index (χ3n) is 8.10. The molecular weight excluding hydrogens is 288 g/mol. The summed E-state index contributed by atoms with van der Waals surface area (Å²) in [6.45, 7) is 11.4. The molecule has 0 aromatic carbocycles. The average Bonchev–Trinajstić information content (AvgIpc) is 3.27. The quantitative estimate of drug-likeness (QED) is 0.684. The number of hydrogen-bond donors (Lipinski definition) is 1. The zero-order valence-electron chi connectivity index (χ0n) is 15.5. The first-order valence-corrected chi connectivity index (χ1v) is 9.65. The third kappa shape index (κ3) is 2.58. The molecule has 0 amide bonds. The van der Waals surface area contributed by atoms with Crippen molar-refractivity contribution in [3.05, 3.63) is 0 Å². The molecule has 0 radical (unpaired) electrons. The molecule has 0 aromatic heterocycles. The molecule has 2 saturated carbocycles. The van der Waals surface area contributed by atoms with Crippen LogP contribution in [0.5, 0.6) is 0 Å². The lowest BCUT2D eigenvalue weighted by molar-refractivity contribution is -0.123. The second kappa shape index (κ2) is 4.74. The van der Waals surface area contributed by atoms with E-state index in [1.165, 1.54) is 6.42 Å².